The molecule has 1 unspecified atom stereocenters. The molecule has 1 aromatic heterocycles. The second-order valence-electron chi connectivity index (χ2n) is 2.13. The highest BCUT2D eigenvalue weighted by molar-refractivity contribution is 7.13. The number of rotatable bonds is 3. The smallest absolute Gasteiger partial charge is 0.328 e. The molecule has 66 valence electrons. The van der Waals surface area contributed by atoms with Crippen molar-refractivity contribution in [1.82, 2.24) is 10.2 Å². The van der Waals surface area contributed by atoms with Crippen LogP contribution in [0.4, 0.5) is 5.13 Å². The lowest BCUT2D eigenvalue weighted by Gasteiger charge is -2.08. The van der Waals surface area contributed by atoms with Crippen molar-refractivity contribution in [1.29, 1.82) is 0 Å². The molecule has 0 amide bonds. The molecule has 0 aliphatic heterocycles. The van der Waals surface area contributed by atoms with Crippen LogP contribution in [0.5, 0.6) is 0 Å². The Bertz CT molecular complexity index is 249. The molecular formula is C6H9N3O2S. The van der Waals surface area contributed by atoms with E-state index in [1.165, 1.54) is 18.4 Å². The number of aromatic nitrogens is 2. The molecule has 0 saturated carbocycles. The Morgan fingerprint density at radius 1 is 1.83 bits per heavy atom. The van der Waals surface area contributed by atoms with Crippen molar-refractivity contribution >= 4 is 22.4 Å². The topological polar surface area (TPSA) is 64.1 Å². The van der Waals surface area contributed by atoms with Crippen LogP contribution in [0.3, 0.4) is 0 Å². The largest absolute Gasteiger partial charge is 0.467 e. The number of anilines is 1. The van der Waals surface area contributed by atoms with Crippen LogP contribution in [0.1, 0.15) is 6.92 Å². The predicted octanol–water partition coefficient (Wildman–Crippen LogP) is 0.511. The summed E-state index contributed by atoms with van der Waals surface area (Å²) in [6.07, 6.45) is 0. The molecule has 1 heterocycles. The van der Waals surface area contributed by atoms with Gasteiger partial charge in [0.1, 0.15) is 11.6 Å². The summed E-state index contributed by atoms with van der Waals surface area (Å²) in [5, 5.41) is 10.8. The van der Waals surface area contributed by atoms with E-state index in [-0.39, 0.29) is 12.0 Å². The minimum Gasteiger partial charge on any atom is -0.467 e. The number of carbonyl (C=O) groups excluding carboxylic acids is 1. The summed E-state index contributed by atoms with van der Waals surface area (Å²) < 4.78 is 4.52. The number of nitrogens with one attached hydrogen (secondary N) is 1. The fourth-order valence-corrected chi connectivity index (χ4v) is 1.19. The van der Waals surface area contributed by atoms with Gasteiger partial charge in [-0.05, 0) is 6.92 Å². The first-order chi connectivity index (χ1) is 5.74. The summed E-state index contributed by atoms with van der Waals surface area (Å²) in [5.74, 6) is -0.315. The first kappa shape index (κ1) is 8.92. The average molecular weight is 187 g/mol. The number of esters is 1. The van der Waals surface area contributed by atoms with E-state index in [4.69, 9.17) is 0 Å². The van der Waals surface area contributed by atoms with Crippen molar-refractivity contribution in [2.75, 3.05) is 12.4 Å². The molecule has 0 spiro atoms. The number of hydrogen-bond donors (Lipinski definition) is 1. The van der Waals surface area contributed by atoms with Crippen molar-refractivity contribution in [3.8, 4) is 0 Å². The molecule has 1 atom stereocenters. The molecule has 6 heteroatoms. The van der Waals surface area contributed by atoms with Crippen molar-refractivity contribution in [3.63, 3.8) is 0 Å². The van der Waals surface area contributed by atoms with Crippen LogP contribution in [0.2, 0.25) is 0 Å². The molecule has 1 aromatic rings. The van der Waals surface area contributed by atoms with Gasteiger partial charge in [0, 0.05) is 0 Å². The first-order valence-electron chi connectivity index (χ1n) is 3.34. The molecule has 12 heavy (non-hydrogen) atoms. The standard InChI is InChI=1S/C6H9N3O2S/c1-4(5(10)11-2)8-6-9-7-3-12-6/h3-4H,1-2H3,(H,8,9). The van der Waals surface area contributed by atoms with Gasteiger partial charge < -0.3 is 10.1 Å². The van der Waals surface area contributed by atoms with Crippen LogP contribution in [0.15, 0.2) is 5.51 Å². The molecule has 0 aliphatic rings. The van der Waals surface area contributed by atoms with E-state index in [1.807, 2.05) is 0 Å². The van der Waals surface area contributed by atoms with Gasteiger partial charge >= 0.3 is 5.97 Å². The molecule has 0 aliphatic carbocycles. The molecule has 5 nitrogen and oxygen atoms in total. The zero-order valence-electron chi connectivity index (χ0n) is 6.77. The Labute approximate surface area is 73.8 Å². The van der Waals surface area contributed by atoms with E-state index in [9.17, 15) is 4.79 Å². The third kappa shape index (κ3) is 2.16. The molecule has 0 radical (unpaired) electrons. The summed E-state index contributed by atoms with van der Waals surface area (Å²) in [5.41, 5.74) is 1.59. The Balaban J connectivity index is 2.47. The molecule has 0 saturated heterocycles. The summed E-state index contributed by atoms with van der Waals surface area (Å²) in [6, 6.07) is -0.386. The van der Waals surface area contributed by atoms with Gasteiger partial charge in [0.2, 0.25) is 5.13 Å². The third-order valence-corrected chi connectivity index (χ3v) is 1.88. The lowest BCUT2D eigenvalue weighted by molar-refractivity contribution is -0.141. The number of hydrogen-bond acceptors (Lipinski definition) is 6. The van der Waals surface area contributed by atoms with Gasteiger partial charge in [0.15, 0.2) is 0 Å². The average Bonchev–Trinajstić information content (AvgIpc) is 2.55. The highest BCUT2D eigenvalue weighted by atomic mass is 32.1. The van der Waals surface area contributed by atoms with Crippen molar-refractivity contribution < 1.29 is 9.53 Å². The van der Waals surface area contributed by atoms with E-state index in [1.54, 1.807) is 12.4 Å². The van der Waals surface area contributed by atoms with Crippen LogP contribution >= 0.6 is 11.3 Å². The second kappa shape index (κ2) is 4.01. The minimum atomic E-state index is -0.386. The zero-order valence-corrected chi connectivity index (χ0v) is 7.59. The van der Waals surface area contributed by atoms with Gasteiger partial charge in [-0.2, -0.15) is 0 Å². The fraction of sp³-hybridized carbons (Fsp3) is 0.500. The van der Waals surface area contributed by atoms with E-state index in [2.05, 4.69) is 20.3 Å². The number of nitrogens with zero attached hydrogens (tertiary/aromatic N) is 2. The molecule has 0 bridgehead atoms. The van der Waals surface area contributed by atoms with Crippen molar-refractivity contribution in [2.45, 2.75) is 13.0 Å². The van der Waals surface area contributed by atoms with Gasteiger partial charge in [-0.3, -0.25) is 0 Å². The first-order valence-corrected chi connectivity index (χ1v) is 4.22. The molecule has 0 fully saturated rings. The van der Waals surface area contributed by atoms with Crippen LogP contribution in [-0.2, 0) is 9.53 Å². The lowest BCUT2D eigenvalue weighted by atomic mass is 10.3. The highest BCUT2D eigenvalue weighted by Gasteiger charge is 2.13. The minimum absolute atomic E-state index is 0.315. The summed E-state index contributed by atoms with van der Waals surface area (Å²) in [4.78, 5) is 10.9. The second-order valence-corrected chi connectivity index (χ2v) is 2.97. The predicted molar refractivity (Wildman–Crippen MR) is 45.0 cm³/mol. The molecular weight excluding hydrogens is 178 g/mol. The van der Waals surface area contributed by atoms with Crippen molar-refractivity contribution in [3.05, 3.63) is 5.51 Å². The number of methoxy groups -OCH3 is 1. The van der Waals surface area contributed by atoms with Crippen LogP contribution in [0.25, 0.3) is 0 Å². The summed E-state index contributed by atoms with van der Waals surface area (Å²) in [6.45, 7) is 1.70. The van der Waals surface area contributed by atoms with E-state index < -0.39 is 0 Å². The van der Waals surface area contributed by atoms with Gasteiger partial charge in [-0.1, -0.05) is 11.3 Å². The van der Waals surface area contributed by atoms with Crippen LogP contribution in [-0.4, -0.2) is 29.3 Å². The summed E-state index contributed by atoms with van der Waals surface area (Å²) in [7, 11) is 1.35. The molecule has 1 rings (SSSR count). The Kier molecular flexibility index (Phi) is 2.98. The zero-order chi connectivity index (χ0) is 8.97. The Morgan fingerprint density at radius 2 is 2.58 bits per heavy atom. The van der Waals surface area contributed by atoms with E-state index >= 15 is 0 Å². The Hall–Kier alpha value is -1.17. The maximum absolute atomic E-state index is 10.9. The van der Waals surface area contributed by atoms with Crippen LogP contribution < -0.4 is 5.32 Å². The van der Waals surface area contributed by atoms with E-state index in [0.29, 0.717) is 5.13 Å². The fourth-order valence-electron chi connectivity index (χ4n) is 0.657. The SMILES string of the molecule is COC(=O)C(C)Nc1nncs1. The monoisotopic (exact) mass is 187 g/mol. The van der Waals surface area contributed by atoms with Gasteiger partial charge in [-0.15, -0.1) is 10.2 Å². The normalized spacial score (nSPS) is 12.2. The Morgan fingerprint density at radius 3 is 3.08 bits per heavy atom. The lowest BCUT2D eigenvalue weighted by Crippen LogP contribution is -2.27. The maximum Gasteiger partial charge on any atom is 0.328 e. The van der Waals surface area contributed by atoms with Gasteiger partial charge in [0.25, 0.3) is 0 Å². The van der Waals surface area contributed by atoms with Gasteiger partial charge in [-0.25, -0.2) is 4.79 Å². The maximum atomic E-state index is 10.9. The van der Waals surface area contributed by atoms with Crippen LogP contribution in [0, 0.1) is 0 Å². The third-order valence-electron chi connectivity index (χ3n) is 1.25. The highest BCUT2D eigenvalue weighted by Crippen LogP contribution is 2.09. The van der Waals surface area contributed by atoms with Crippen molar-refractivity contribution in [2.24, 2.45) is 0 Å². The quantitative estimate of drug-likeness (QED) is 0.698. The number of carbonyl (C=O) groups is 1. The number of ether oxygens (including phenoxy) is 1. The van der Waals surface area contributed by atoms with Gasteiger partial charge in [0.05, 0.1) is 7.11 Å². The molecule has 0 aromatic carbocycles. The molecule has 1 N–H and O–H groups in total. The van der Waals surface area contributed by atoms with E-state index in [0.717, 1.165) is 0 Å². The summed E-state index contributed by atoms with van der Waals surface area (Å²) >= 11 is 1.34.